The number of ether oxygens (including phenoxy) is 1. The lowest BCUT2D eigenvalue weighted by atomic mass is 10.1. The number of nitroso groups, excluding NO2 is 1. The van der Waals surface area contributed by atoms with Gasteiger partial charge < -0.3 is 24.5 Å². The van der Waals surface area contributed by atoms with E-state index in [1.165, 1.54) is 0 Å². The number of hydrogen-bond donors (Lipinski definition) is 5. The molecule has 0 radical (unpaired) electrons. The van der Waals surface area contributed by atoms with Crippen LogP contribution < -0.4 is 5.69 Å². The molecule has 0 saturated carbocycles. The Hall–Kier alpha value is -2.55. The van der Waals surface area contributed by atoms with Gasteiger partial charge in [-0.05, 0) is 5.18 Å². The summed E-state index contributed by atoms with van der Waals surface area (Å²) in [6.45, 7) is 0. The quantitative estimate of drug-likeness (QED) is 0.276. The van der Waals surface area contributed by atoms with Gasteiger partial charge in [0.15, 0.2) is 18.0 Å². The zero-order valence-corrected chi connectivity index (χ0v) is 13.3. The summed E-state index contributed by atoms with van der Waals surface area (Å²) >= 11 is 0. The lowest BCUT2D eigenvalue weighted by Gasteiger charge is -2.15. The smallest absolute Gasteiger partial charge is 0.387 e. The van der Waals surface area contributed by atoms with Crippen molar-refractivity contribution >= 4 is 30.8 Å². The molecule has 16 heteroatoms. The van der Waals surface area contributed by atoms with Crippen molar-refractivity contribution in [1.29, 1.82) is 0 Å². The molecule has 0 aromatic carbocycles. The molecule has 140 valence electrons. The number of imidazole rings is 1. The van der Waals surface area contributed by atoms with Gasteiger partial charge >= 0.3 is 19.5 Å². The SMILES string of the molecule is O=Nc1ncnc2c1[nH]c(=O)n2[C@@H]1O[C@H](C(=O)OP(=O)(O)O)[C@@H](O)[C@H]1O. The van der Waals surface area contributed by atoms with Gasteiger partial charge in [-0.25, -0.2) is 28.7 Å². The molecule has 0 aliphatic carbocycles. The standard InChI is InChI=1S/C10H10N5O10P/c16-3-4(17)8(24-5(3)9(18)25-26(21,22)23)15-7-2(13-10(15)19)6(14-20)11-1-12-7/h1,3-5,8,16-17H,(H,13,19)(H2,21,22,23)/t3-,4+,5-,8+/m0/s1. The zero-order chi connectivity index (χ0) is 19.2. The second kappa shape index (κ2) is 6.31. The summed E-state index contributed by atoms with van der Waals surface area (Å²) in [5.41, 5.74) is -1.34. The molecule has 1 fully saturated rings. The largest absolute Gasteiger partial charge is 0.527 e. The number of aliphatic hydroxyl groups is 2. The Labute approximate surface area is 141 Å². The summed E-state index contributed by atoms with van der Waals surface area (Å²) in [6.07, 6.45) is -6.62. The van der Waals surface area contributed by atoms with Gasteiger partial charge in [0.2, 0.25) is 5.82 Å². The maximum Gasteiger partial charge on any atom is 0.527 e. The lowest BCUT2D eigenvalue weighted by Crippen LogP contribution is -2.37. The van der Waals surface area contributed by atoms with E-state index in [-0.39, 0.29) is 11.2 Å². The van der Waals surface area contributed by atoms with Gasteiger partial charge in [0.25, 0.3) is 0 Å². The summed E-state index contributed by atoms with van der Waals surface area (Å²) in [4.78, 5) is 61.3. The molecule has 26 heavy (non-hydrogen) atoms. The molecule has 2 aromatic heterocycles. The number of hydrogen-bond acceptors (Lipinski definition) is 11. The lowest BCUT2D eigenvalue weighted by molar-refractivity contribution is -0.153. The van der Waals surface area contributed by atoms with Gasteiger partial charge in [-0.3, -0.25) is 9.79 Å². The second-order valence-corrected chi connectivity index (χ2v) is 6.28. The van der Waals surface area contributed by atoms with Crippen molar-refractivity contribution in [2.75, 3.05) is 0 Å². The number of aliphatic hydroxyl groups excluding tert-OH is 2. The van der Waals surface area contributed by atoms with Crippen LogP contribution in [0.2, 0.25) is 0 Å². The maximum absolute atomic E-state index is 12.1. The van der Waals surface area contributed by atoms with Crippen LogP contribution in [0.1, 0.15) is 6.23 Å². The van der Waals surface area contributed by atoms with Crippen LogP contribution >= 0.6 is 7.82 Å². The molecule has 0 spiro atoms. The number of aromatic nitrogens is 4. The van der Waals surface area contributed by atoms with E-state index >= 15 is 0 Å². The third kappa shape index (κ3) is 3.03. The average molecular weight is 391 g/mol. The van der Waals surface area contributed by atoms with E-state index in [4.69, 9.17) is 14.5 Å². The van der Waals surface area contributed by atoms with Crippen molar-refractivity contribution in [3.8, 4) is 0 Å². The molecule has 5 N–H and O–H groups in total. The monoisotopic (exact) mass is 391 g/mol. The summed E-state index contributed by atoms with van der Waals surface area (Å²) in [5.74, 6) is -2.05. The number of nitrogens with one attached hydrogen (secondary N) is 1. The van der Waals surface area contributed by atoms with Crippen molar-refractivity contribution in [2.24, 2.45) is 5.18 Å². The van der Waals surface area contributed by atoms with Crippen LogP contribution in [0.4, 0.5) is 5.82 Å². The van der Waals surface area contributed by atoms with E-state index in [1.54, 1.807) is 0 Å². The highest BCUT2D eigenvalue weighted by molar-refractivity contribution is 7.46. The molecule has 15 nitrogen and oxygen atoms in total. The fourth-order valence-electron chi connectivity index (χ4n) is 2.47. The van der Waals surface area contributed by atoms with E-state index in [0.29, 0.717) is 4.57 Å². The van der Waals surface area contributed by atoms with Crippen LogP contribution in [-0.4, -0.2) is 63.8 Å². The number of aromatic amines is 1. The number of nitrogens with zero attached hydrogens (tertiary/aromatic N) is 4. The summed E-state index contributed by atoms with van der Waals surface area (Å²) < 4.78 is 20.3. The second-order valence-electron chi connectivity index (χ2n) is 5.12. The highest BCUT2D eigenvalue weighted by Gasteiger charge is 2.50. The predicted octanol–water partition coefficient (Wildman–Crippen LogP) is -2.23. The molecule has 0 amide bonds. The first-order valence-electron chi connectivity index (χ1n) is 6.73. The van der Waals surface area contributed by atoms with Crippen molar-refractivity contribution in [3.63, 3.8) is 0 Å². The Bertz CT molecular complexity index is 980. The summed E-state index contributed by atoms with van der Waals surface area (Å²) in [6, 6.07) is 0. The number of fused-ring (bicyclic) bond motifs is 1. The van der Waals surface area contributed by atoms with E-state index in [0.717, 1.165) is 6.33 Å². The zero-order valence-electron chi connectivity index (χ0n) is 12.4. The van der Waals surface area contributed by atoms with Crippen LogP contribution in [-0.2, 0) is 18.6 Å². The molecular weight excluding hydrogens is 381 g/mol. The van der Waals surface area contributed by atoms with Gasteiger partial charge in [0.1, 0.15) is 24.1 Å². The first kappa shape index (κ1) is 18.2. The van der Waals surface area contributed by atoms with Gasteiger partial charge in [-0.2, -0.15) is 0 Å². The van der Waals surface area contributed by atoms with Crippen LogP contribution in [0.5, 0.6) is 0 Å². The predicted molar refractivity (Wildman–Crippen MR) is 77.7 cm³/mol. The van der Waals surface area contributed by atoms with E-state index < -0.39 is 49.8 Å². The van der Waals surface area contributed by atoms with E-state index in [1.807, 2.05) is 0 Å². The normalized spacial score (nSPS) is 26.2. The van der Waals surface area contributed by atoms with Crippen LogP contribution in [0.3, 0.4) is 0 Å². The Kier molecular flexibility index (Phi) is 4.43. The molecule has 1 aliphatic heterocycles. The molecule has 3 heterocycles. The molecule has 0 bridgehead atoms. The molecular formula is C10H10N5O10P. The first-order chi connectivity index (χ1) is 12.1. The fourth-order valence-corrected chi connectivity index (χ4v) is 2.81. The summed E-state index contributed by atoms with van der Waals surface area (Å²) in [5, 5.41) is 22.6. The first-order valence-corrected chi connectivity index (χ1v) is 8.26. The number of phosphoric acid groups is 1. The highest BCUT2D eigenvalue weighted by atomic mass is 31.2. The number of carbonyl (C=O) groups is 1. The Morgan fingerprint density at radius 1 is 1.35 bits per heavy atom. The van der Waals surface area contributed by atoms with E-state index in [9.17, 15) is 29.3 Å². The van der Waals surface area contributed by atoms with Crippen molar-refractivity contribution in [2.45, 2.75) is 24.5 Å². The summed E-state index contributed by atoms with van der Waals surface area (Å²) in [7, 11) is -5.22. The molecule has 0 unspecified atom stereocenters. The number of H-pyrrole nitrogens is 1. The maximum atomic E-state index is 12.1. The van der Waals surface area contributed by atoms with Crippen LogP contribution in [0, 0.1) is 4.91 Å². The van der Waals surface area contributed by atoms with Crippen LogP contribution in [0.25, 0.3) is 11.2 Å². The van der Waals surface area contributed by atoms with Gasteiger partial charge in [-0.1, -0.05) is 0 Å². The molecule has 4 atom stereocenters. The average Bonchev–Trinajstić information content (AvgIpc) is 3.02. The number of carbonyl (C=O) groups excluding carboxylic acids is 1. The van der Waals surface area contributed by atoms with Crippen molar-refractivity contribution in [1.82, 2.24) is 19.5 Å². The third-order valence-corrected chi connectivity index (χ3v) is 3.92. The Morgan fingerprint density at radius 3 is 2.65 bits per heavy atom. The molecule has 3 rings (SSSR count). The minimum atomic E-state index is -5.22. The van der Waals surface area contributed by atoms with Crippen LogP contribution in [0.15, 0.2) is 16.3 Å². The van der Waals surface area contributed by atoms with Crippen molar-refractivity contribution in [3.05, 3.63) is 21.7 Å². The third-order valence-electron chi connectivity index (χ3n) is 3.51. The van der Waals surface area contributed by atoms with Gasteiger partial charge in [-0.15, -0.1) is 4.91 Å². The Morgan fingerprint density at radius 2 is 2.04 bits per heavy atom. The number of phosphoric ester groups is 1. The molecule has 2 aromatic rings. The topological polar surface area (TPSA) is 227 Å². The Balaban J connectivity index is 2.01. The minimum absolute atomic E-state index is 0.181. The number of rotatable bonds is 4. The molecule has 1 saturated heterocycles. The van der Waals surface area contributed by atoms with Gasteiger partial charge in [0, 0.05) is 0 Å². The van der Waals surface area contributed by atoms with Crippen molar-refractivity contribution < 1.29 is 38.6 Å². The molecule has 1 aliphatic rings. The van der Waals surface area contributed by atoms with Gasteiger partial charge in [0.05, 0.1) is 0 Å². The fraction of sp³-hybridized carbons (Fsp3) is 0.400. The highest BCUT2D eigenvalue weighted by Crippen LogP contribution is 2.39. The van der Waals surface area contributed by atoms with E-state index in [2.05, 4.69) is 24.7 Å². The minimum Gasteiger partial charge on any atom is -0.387 e.